The molecule has 2 unspecified atom stereocenters. The average molecular weight is 306 g/mol. The lowest BCUT2D eigenvalue weighted by Crippen LogP contribution is -2.49. The number of ether oxygens (including phenoxy) is 2. The van der Waals surface area contributed by atoms with E-state index in [0.29, 0.717) is 24.5 Å². The topological polar surface area (TPSA) is 64.8 Å². The minimum Gasteiger partial charge on any atom is -0.493 e. The van der Waals surface area contributed by atoms with Gasteiger partial charge in [0.1, 0.15) is 0 Å². The number of amides is 1. The third kappa shape index (κ3) is 3.35. The van der Waals surface area contributed by atoms with Gasteiger partial charge >= 0.3 is 0 Å². The van der Waals surface area contributed by atoms with Crippen LogP contribution in [0.1, 0.15) is 44.7 Å². The number of benzene rings is 1. The van der Waals surface area contributed by atoms with Crippen molar-refractivity contribution in [1.29, 1.82) is 0 Å². The molecule has 0 spiro atoms. The highest BCUT2D eigenvalue weighted by molar-refractivity contribution is 5.78. The summed E-state index contributed by atoms with van der Waals surface area (Å²) < 4.78 is 11.0. The highest BCUT2D eigenvalue weighted by atomic mass is 16.5. The van der Waals surface area contributed by atoms with E-state index >= 15 is 0 Å². The molecular formula is C17H26N2O3. The number of rotatable bonds is 6. The Hall–Kier alpha value is -1.75. The van der Waals surface area contributed by atoms with Crippen LogP contribution in [-0.2, 0) is 4.79 Å². The van der Waals surface area contributed by atoms with Gasteiger partial charge in [0.15, 0.2) is 11.5 Å². The molecule has 0 aliphatic carbocycles. The molecule has 5 heteroatoms. The van der Waals surface area contributed by atoms with Crippen molar-refractivity contribution in [2.45, 2.75) is 45.2 Å². The number of likely N-dealkylation sites (tertiary alicyclic amines) is 1. The van der Waals surface area contributed by atoms with E-state index in [1.807, 2.05) is 30.0 Å². The van der Waals surface area contributed by atoms with Crippen molar-refractivity contribution in [1.82, 2.24) is 4.90 Å². The van der Waals surface area contributed by atoms with Crippen LogP contribution < -0.4 is 15.2 Å². The third-order valence-electron chi connectivity index (χ3n) is 4.05. The number of nitrogens with two attached hydrogens (primary N) is 1. The minimum absolute atomic E-state index is 0.0490. The zero-order chi connectivity index (χ0) is 16.1. The molecule has 1 aliphatic rings. The molecule has 122 valence electrons. The van der Waals surface area contributed by atoms with Crippen molar-refractivity contribution in [2.75, 3.05) is 20.3 Å². The van der Waals surface area contributed by atoms with E-state index < -0.39 is 0 Å². The summed E-state index contributed by atoms with van der Waals surface area (Å²) in [4.78, 5) is 14.2. The van der Waals surface area contributed by atoms with Gasteiger partial charge in [0, 0.05) is 19.0 Å². The minimum atomic E-state index is -0.0914. The fourth-order valence-electron chi connectivity index (χ4n) is 3.06. The van der Waals surface area contributed by atoms with Gasteiger partial charge in [0.25, 0.3) is 0 Å². The highest BCUT2D eigenvalue weighted by Gasteiger charge is 2.34. The molecule has 1 heterocycles. The first-order valence-corrected chi connectivity index (χ1v) is 7.98. The number of hydrogen-bond donors (Lipinski definition) is 1. The summed E-state index contributed by atoms with van der Waals surface area (Å²) >= 11 is 0. The van der Waals surface area contributed by atoms with Crippen molar-refractivity contribution in [3.05, 3.63) is 23.8 Å². The van der Waals surface area contributed by atoms with Gasteiger partial charge in [-0.25, -0.2) is 0 Å². The van der Waals surface area contributed by atoms with Gasteiger partial charge < -0.3 is 20.1 Å². The van der Waals surface area contributed by atoms with E-state index in [2.05, 4.69) is 6.92 Å². The summed E-state index contributed by atoms with van der Waals surface area (Å²) in [6.45, 7) is 5.30. The number of piperidine rings is 1. The highest BCUT2D eigenvalue weighted by Crippen LogP contribution is 2.36. The lowest BCUT2D eigenvalue weighted by molar-refractivity contribution is -0.137. The van der Waals surface area contributed by atoms with Crippen LogP contribution in [0, 0.1) is 0 Å². The van der Waals surface area contributed by atoms with Crippen molar-refractivity contribution in [2.24, 2.45) is 5.73 Å². The average Bonchev–Trinajstić information content (AvgIpc) is 2.52. The molecule has 1 amide bonds. The fourth-order valence-corrected chi connectivity index (χ4v) is 3.06. The molecule has 1 aliphatic heterocycles. The van der Waals surface area contributed by atoms with E-state index in [4.69, 9.17) is 15.2 Å². The van der Waals surface area contributed by atoms with Gasteiger partial charge in [0.05, 0.1) is 19.8 Å². The monoisotopic (exact) mass is 306 g/mol. The standard InChI is InChI=1S/C17H26N2O3/c1-4-10-19-16(20)9-7-13(18)17(19)12-6-8-14(21-3)15(11-12)22-5-2/h6,8,11,13,17H,4-5,7,9-10,18H2,1-3H3. The number of nitrogens with zero attached hydrogens (tertiary/aromatic N) is 1. The second kappa shape index (κ2) is 7.49. The maximum Gasteiger partial charge on any atom is 0.223 e. The van der Waals surface area contributed by atoms with Crippen LogP contribution in [-0.4, -0.2) is 37.1 Å². The van der Waals surface area contributed by atoms with Crippen LogP contribution in [0.25, 0.3) is 0 Å². The largest absolute Gasteiger partial charge is 0.493 e. The van der Waals surface area contributed by atoms with Gasteiger partial charge in [-0.05, 0) is 37.5 Å². The first-order chi connectivity index (χ1) is 10.6. The Morgan fingerprint density at radius 3 is 2.73 bits per heavy atom. The van der Waals surface area contributed by atoms with Crippen LogP contribution in [0.5, 0.6) is 11.5 Å². The molecule has 1 aromatic carbocycles. The first kappa shape index (κ1) is 16.6. The van der Waals surface area contributed by atoms with Gasteiger partial charge in [-0.1, -0.05) is 13.0 Å². The van der Waals surface area contributed by atoms with Gasteiger partial charge in [-0.3, -0.25) is 4.79 Å². The predicted molar refractivity (Wildman–Crippen MR) is 86.1 cm³/mol. The molecule has 5 nitrogen and oxygen atoms in total. The number of carbonyl (C=O) groups is 1. The summed E-state index contributed by atoms with van der Waals surface area (Å²) in [7, 11) is 1.62. The second-order valence-electron chi connectivity index (χ2n) is 5.58. The van der Waals surface area contributed by atoms with Gasteiger partial charge in [-0.2, -0.15) is 0 Å². The summed E-state index contributed by atoms with van der Waals surface area (Å²) in [5, 5.41) is 0. The predicted octanol–water partition coefficient (Wildman–Crippen LogP) is 2.49. The van der Waals surface area contributed by atoms with Crippen LogP contribution >= 0.6 is 0 Å². The quantitative estimate of drug-likeness (QED) is 0.877. The summed E-state index contributed by atoms with van der Waals surface area (Å²) in [6.07, 6.45) is 2.18. The van der Waals surface area contributed by atoms with Crippen molar-refractivity contribution >= 4 is 5.91 Å². The lowest BCUT2D eigenvalue weighted by atomic mass is 9.90. The van der Waals surface area contributed by atoms with Crippen molar-refractivity contribution in [3.8, 4) is 11.5 Å². The van der Waals surface area contributed by atoms with Gasteiger partial charge in [0.2, 0.25) is 5.91 Å². The molecule has 2 rings (SSSR count). The summed E-state index contributed by atoms with van der Waals surface area (Å²) in [5.74, 6) is 1.58. The Kier molecular flexibility index (Phi) is 5.66. The third-order valence-corrected chi connectivity index (χ3v) is 4.05. The van der Waals surface area contributed by atoms with Crippen molar-refractivity contribution in [3.63, 3.8) is 0 Å². The van der Waals surface area contributed by atoms with Crippen molar-refractivity contribution < 1.29 is 14.3 Å². The Bertz CT molecular complexity index is 519. The Morgan fingerprint density at radius 1 is 1.32 bits per heavy atom. The zero-order valence-electron chi connectivity index (χ0n) is 13.7. The van der Waals surface area contributed by atoms with E-state index in [1.165, 1.54) is 0 Å². The van der Waals surface area contributed by atoms with Crippen LogP contribution in [0.2, 0.25) is 0 Å². The molecule has 2 N–H and O–H groups in total. The molecule has 22 heavy (non-hydrogen) atoms. The van der Waals surface area contributed by atoms with E-state index in [1.54, 1.807) is 7.11 Å². The van der Waals surface area contributed by atoms with E-state index in [-0.39, 0.29) is 18.0 Å². The summed E-state index contributed by atoms with van der Waals surface area (Å²) in [5.41, 5.74) is 7.33. The zero-order valence-corrected chi connectivity index (χ0v) is 13.7. The Balaban J connectivity index is 2.37. The first-order valence-electron chi connectivity index (χ1n) is 7.98. The smallest absolute Gasteiger partial charge is 0.223 e. The van der Waals surface area contributed by atoms with E-state index in [9.17, 15) is 4.79 Å². The molecule has 1 saturated heterocycles. The molecule has 1 fully saturated rings. The van der Waals surface area contributed by atoms with Gasteiger partial charge in [-0.15, -0.1) is 0 Å². The Labute approximate surface area is 132 Å². The molecule has 0 aromatic heterocycles. The molecule has 0 radical (unpaired) electrons. The molecule has 1 aromatic rings. The molecular weight excluding hydrogens is 280 g/mol. The maximum absolute atomic E-state index is 12.3. The maximum atomic E-state index is 12.3. The summed E-state index contributed by atoms with van der Waals surface area (Å²) in [6, 6.07) is 5.68. The number of hydrogen-bond acceptors (Lipinski definition) is 4. The fraction of sp³-hybridized carbons (Fsp3) is 0.588. The molecule has 0 saturated carbocycles. The normalized spacial score (nSPS) is 21.8. The lowest BCUT2D eigenvalue weighted by Gasteiger charge is -2.40. The Morgan fingerprint density at radius 2 is 2.09 bits per heavy atom. The second-order valence-corrected chi connectivity index (χ2v) is 5.58. The molecule has 0 bridgehead atoms. The van der Waals surface area contributed by atoms with Crippen LogP contribution in [0.3, 0.4) is 0 Å². The van der Waals surface area contributed by atoms with E-state index in [0.717, 1.165) is 24.9 Å². The number of methoxy groups -OCH3 is 1. The van der Waals surface area contributed by atoms with Crippen LogP contribution in [0.4, 0.5) is 0 Å². The number of carbonyl (C=O) groups excluding carboxylic acids is 1. The SMILES string of the molecule is CCCN1C(=O)CCC(N)C1c1ccc(OC)c(OCC)c1. The molecule has 2 atom stereocenters. The van der Waals surface area contributed by atoms with Crippen LogP contribution in [0.15, 0.2) is 18.2 Å².